The Morgan fingerprint density at radius 1 is 1.38 bits per heavy atom. The fraction of sp³-hybridized carbons (Fsp3) is 0.462. The van der Waals surface area contributed by atoms with Gasteiger partial charge in [0.2, 0.25) is 0 Å². The minimum atomic E-state index is -0.762. The van der Waals surface area contributed by atoms with Crippen LogP contribution in [0, 0.1) is 5.41 Å². The van der Waals surface area contributed by atoms with Crippen LogP contribution in [0.3, 0.4) is 0 Å². The maximum absolute atomic E-state index is 11.0. The van der Waals surface area contributed by atoms with Crippen molar-refractivity contribution in [1.82, 2.24) is 0 Å². The number of benzene rings is 1. The first-order valence-electron chi connectivity index (χ1n) is 5.32. The Labute approximate surface area is 96.1 Å². The molecule has 0 radical (unpaired) electrons. The fourth-order valence-corrected chi connectivity index (χ4v) is 1.46. The molecule has 0 saturated heterocycles. The number of hydrogen-bond acceptors (Lipinski definition) is 2. The van der Waals surface area contributed by atoms with Crippen molar-refractivity contribution in [2.75, 3.05) is 7.11 Å². The normalized spacial score (nSPS) is 11.2. The van der Waals surface area contributed by atoms with Crippen molar-refractivity contribution in [2.45, 2.75) is 26.7 Å². The first-order chi connectivity index (χ1) is 7.47. The quantitative estimate of drug-likeness (QED) is 0.833. The summed E-state index contributed by atoms with van der Waals surface area (Å²) in [4.78, 5) is 11.0. The summed E-state index contributed by atoms with van der Waals surface area (Å²) < 4.78 is 5.22. The molecule has 0 fully saturated rings. The van der Waals surface area contributed by atoms with Crippen LogP contribution in [0.5, 0.6) is 5.75 Å². The molecule has 0 heterocycles. The predicted molar refractivity (Wildman–Crippen MR) is 62.7 cm³/mol. The van der Waals surface area contributed by atoms with Gasteiger partial charge in [0.15, 0.2) is 0 Å². The SMILES string of the molecule is COc1ccccc1CCC(C)(C)C(=O)O. The third-order valence-electron chi connectivity index (χ3n) is 2.79. The number of aryl methyl sites for hydroxylation is 1. The van der Waals surface area contributed by atoms with E-state index in [-0.39, 0.29) is 0 Å². The molecule has 0 atom stereocenters. The van der Waals surface area contributed by atoms with Crippen LogP contribution in [-0.4, -0.2) is 18.2 Å². The van der Waals surface area contributed by atoms with Gasteiger partial charge in [0, 0.05) is 0 Å². The van der Waals surface area contributed by atoms with Gasteiger partial charge in [-0.15, -0.1) is 0 Å². The number of carboxylic acids is 1. The Hall–Kier alpha value is -1.51. The molecule has 1 N–H and O–H groups in total. The van der Waals surface area contributed by atoms with E-state index in [9.17, 15) is 4.79 Å². The summed E-state index contributed by atoms with van der Waals surface area (Å²) in [7, 11) is 1.63. The monoisotopic (exact) mass is 222 g/mol. The van der Waals surface area contributed by atoms with Crippen LogP contribution >= 0.6 is 0 Å². The number of hydrogen-bond donors (Lipinski definition) is 1. The van der Waals surface area contributed by atoms with E-state index in [0.717, 1.165) is 11.3 Å². The van der Waals surface area contributed by atoms with Gasteiger partial charge in [-0.05, 0) is 38.3 Å². The lowest BCUT2D eigenvalue weighted by molar-refractivity contribution is -0.147. The van der Waals surface area contributed by atoms with Gasteiger partial charge in [-0.1, -0.05) is 18.2 Å². The average molecular weight is 222 g/mol. The lowest BCUT2D eigenvalue weighted by atomic mass is 9.86. The Balaban J connectivity index is 2.71. The van der Waals surface area contributed by atoms with Gasteiger partial charge in [-0.3, -0.25) is 4.79 Å². The number of aliphatic carboxylic acids is 1. The molecule has 0 aromatic heterocycles. The second-order valence-corrected chi connectivity index (χ2v) is 4.50. The Bertz CT molecular complexity index is 369. The number of rotatable bonds is 5. The lowest BCUT2D eigenvalue weighted by Crippen LogP contribution is -2.24. The molecule has 0 bridgehead atoms. The molecule has 0 saturated carbocycles. The highest BCUT2D eigenvalue weighted by molar-refractivity contribution is 5.73. The molecule has 0 aliphatic heterocycles. The smallest absolute Gasteiger partial charge is 0.309 e. The zero-order chi connectivity index (χ0) is 12.2. The molecule has 1 aromatic carbocycles. The number of ether oxygens (including phenoxy) is 1. The van der Waals surface area contributed by atoms with Gasteiger partial charge >= 0.3 is 5.97 Å². The van der Waals surface area contributed by atoms with E-state index in [1.807, 2.05) is 24.3 Å². The second kappa shape index (κ2) is 5.01. The predicted octanol–water partition coefficient (Wildman–Crippen LogP) is 2.74. The lowest BCUT2D eigenvalue weighted by Gasteiger charge is -2.19. The topological polar surface area (TPSA) is 46.5 Å². The summed E-state index contributed by atoms with van der Waals surface area (Å²) >= 11 is 0. The van der Waals surface area contributed by atoms with Crippen molar-refractivity contribution in [3.05, 3.63) is 29.8 Å². The van der Waals surface area contributed by atoms with Crippen molar-refractivity contribution in [3.63, 3.8) is 0 Å². The highest BCUT2D eigenvalue weighted by Gasteiger charge is 2.26. The summed E-state index contributed by atoms with van der Waals surface area (Å²) in [5, 5.41) is 9.01. The van der Waals surface area contributed by atoms with Crippen LogP contribution in [-0.2, 0) is 11.2 Å². The molecule has 1 aromatic rings. The van der Waals surface area contributed by atoms with Crippen molar-refractivity contribution in [1.29, 1.82) is 0 Å². The molecule has 0 aliphatic rings. The Morgan fingerprint density at radius 2 is 2.00 bits per heavy atom. The van der Waals surface area contributed by atoms with Crippen LogP contribution < -0.4 is 4.74 Å². The molecule has 0 amide bonds. The highest BCUT2D eigenvalue weighted by atomic mass is 16.5. The van der Waals surface area contributed by atoms with Crippen molar-refractivity contribution >= 4 is 5.97 Å². The number of carbonyl (C=O) groups is 1. The minimum absolute atomic E-state index is 0.600. The first kappa shape index (κ1) is 12.6. The van der Waals surface area contributed by atoms with E-state index in [2.05, 4.69) is 0 Å². The fourth-order valence-electron chi connectivity index (χ4n) is 1.46. The Morgan fingerprint density at radius 3 is 2.56 bits per heavy atom. The van der Waals surface area contributed by atoms with Gasteiger partial charge in [-0.2, -0.15) is 0 Å². The van der Waals surface area contributed by atoms with E-state index in [0.29, 0.717) is 12.8 Å². The molecular formula is C13H18O3. The van der Waals surface area contributed by atoms with Crippen molar-refractivity contribution in [2.24, 2.45) is 5.41 Å². The van der Waals surface area contributed by atoms with Crippen molar-refractivity contribution < 1.29 is 14.6 Å². The molecule has 3 heteroatoms. The van der Waals surface area contributed by atoms with Crippen LogP contribution in [0.25, 0.3) is 0 Å². The molecule has 0 unspecified atom stereocenters. The number of methoxy groups -OCH3 is 1. The molecular weight excluding hydrogens is 204 g/mol. The Kier molecular flexibility index (Phi) is 3.93. The van der Waals surface area contributed by atoms with Crippen LogP contribution in [0.15, 0.2) is 24.3 Å². The zero-order valence-corrected chi connectivity index (χ0v) is 9.99. The second-order valence-electron chi connectivity index (χ2n) is 4.50. The van der Waals surface area contributed by atoms with E-state index in [1.54, 1.807) is 21.0 Å². The molecule has 0 aliphatic carbocycles. The average Bonchev–Trinajstić information content (AvgIpc) is 2.26. The molecule has 16 heavy (non-hydrogen) atoms. The standard InChI is InChI=1S/C13H18O3/c1-13(2,12(14)15)9-8-10-6-4-5-7-11(10)16-3/h4-7H,8-9H2,1-3H3,(H,14,15). The van der Waals surface area contributed by atoms with Crippen LogP contribution in [0.1, 0.15) is 25.8 Å². The number of carboxylic acid groups (broad SMARTS) is 1. The van der Waals surface area contributed by atoms with Gasteiger partial charge in [0.25, 0.3) is 0 Å². The molecule has 1 rings (SSSR count). The number of para-hydroxylation sites is 1. The van der Waals surface area contributed by atoms with E-state index >= 15 is 0 Å². The van der Waals surface area contributed by atoms with Gasteiger partial charge < -0.3 is 9.84 Å². The van der Waals surface area contributed by atoms with E-state index in [1.165, 1.54) is 0 Å². The summed E-state index contributed by atoms with van der Waals surface area (Å²) in [5.74, 6) is 0.0612. The molecule has 0 spiro atoms. The van der Waals surface area contributed by atoms with E-state index in [4.69, 9.17) is 9.84 Å². The largest absolute Gasteiger partial charge is 0.496 e. The van der Waals surface area contributed by atoms with Gasteiger partial charge in [0.05, 0.1) is 12.5 Å². The maximum atomic E-state index is 11.0. The highest BCUT2D eigenvalue weighted by Crippen LogP contribution is 2.26. The molecule has 88 valence electrons. The maximum Gasteiger partial charge on any atom is 0.309 e. The van der Waals surface area contributed by atoms with E-state index < -0.39 is 11.4 Å². The minimum Gasteiger partial charge on any atom is -0.496 e. The summed E-state index contributed by atoms with van der Waals surface area (Å²) in [6, 6.07) is 7.70. The zero-order valence-electron chi connectivity index (χ0n) is 9.99. The summed E-state index contributed by atoms with van der Waals surface area (Å²) in [5.41, 5.74) is 0.361. The third kappa shape index (κ3) is 2.99. The van der Waals surface area contributed by atoms with Gasteiger partial charge in [-0.25, -0.2) is 0 Å². The van der Waals surface area contributed by atoms with Crippen LogP contribution in [0.4, 0.5) is 0 Å². The summed E-state index contributed by atoms with van der Waals surface area (Å²) in [6.45, 7) is 3.48. The third-order valence-corrected chi connectivity index (χ3v) is 2.79. The van der Waals surface area contributed by atoms with Crippen LogP contribution in [0.2, 0.25) is 0 Å². The summed E-state index contributed by atoms with van der Waals surface area (Å²) in [6.07, 6.45) is 1.31. The van der Waals surface area contributed by atoms with Crippen molar-refractivity contribution in [3.8, 4) is 5.75 Å². The van der Waals surface area contributed by atoms with Gasteiger partial charge in [0.1, 0.15) is 5.75 Å². The molecule has 3 nitrogen and oxygen atoms in total. The first-order valence-corrected chi connectivity index (χ1v) is 5.32.